The number of nitrogens with zero attached hydrogens (tertiary/aromatic N) is 1. The van der Waals surface area contributed by atoms with E-state index >= 15 is 0 Å². The molecule has 6 nitrogen and oxygen atoms in total. The number of aromatic nitrogens is 2. The van der Waals surface area contributed by atoms with Gasteiger partial charge < -0.3 is 9.88 Å². The average molecular weight is 337 g/mol. The van der Waals surface area contributed by atoms with E-state index in [9.17, 15) is 14.4 Å². The fourth-order valence-electron chi connectivity index (χ4n) is 2.43. The molecule has 0 aliphatic carbocycles. The van der Waals surface area contributed by atoms with Gasteiger partial charge in [0.15, 0.2) is 0 Å². The van der Waals surface area contributed by atoms with Crippen molar-refractivity contribution in [3.05, 3.63) is 55.0 Å². The van der Waals surface area contributed by atoms with Crippen LogP contribution in [0.4, 0.5) is 0 Å². The summed E-state index contributed by atoms with van der Waals surface area (Å²) >= 11 is 3.57. The first kappa shape index (κ1) is 15.1. The van der Waals surface area contributed by atoms with Gasteiger partial charge in [-0.15, -0.1) is 11.3 Å². The van der Waals surface area contributed by atoms with Crippen LogP contribution in [0.15, 0.2) is 33.2 Å². The number of aromatic amines is 2. The lowest BCUT2D eigenvalue weighted by Crippen LogP contribution is -2.36. The average Bonchev–Trinajstić information content (AvgIpc) is 2.90. The number of carbonyl (C=O) groups is 1. The van der Waals surface area contributed by atoms with E-state index in [1.54, 1.807) is 16.2 Å². The first-order chi connectivity index (χ1) is 10.6. The van der Waals surface area contributed by atoms with Crippen molar-refractivity contribution in [2.75, 3.05) is 18.8 Å². The molecule has 0 bridgehead atoms. The normalized spacial score (nSPS) is 18.9. The van der Waals surface area contributed by atoms with E-state index in [2.05, 4.69) is 21.4 Å². The summed E-state index contributed by atoms with van der Waals surface area (Å²) in [5, 5.41) is 2.46. The van der Waals surface area contributed by atoms with Crippen molar-refractivity contribution in [1.82, 2.24) is 14.9 Å². The Morgan fingerprint density at radius 2 is 2.14 bits per heavy atom. The number of nitrogens with one attached hydrogen (secondary N) is 2. The van der Waals surface area contributed by atoms with Crippen LogP contribution in [0, 0.1) is 0 Å². The van der Waals surface area contributed by atoms with E-state index in [1.807, 2.05) is 17.8 Å². The molecule has 8 heteroatoms. The van der Waals surface area contributed by atoms with Crippen molar-refractivity contribution < 1.29 is 4.79 Å². The monoisotopic (exact) mass is 337 g/mol. The number of hydrogen-bond donors (Lipinski definition) is 2. The molecule has 116 valence electrons. The lowest BCUT2D eigenvalue weighted by Gasteiger charge is -2.19. The maximum absolute atomic E-state index is 12.4. The van der Waals surface area contributed by atoms with Gasteiger partial charge in [0.05, 0.1) is 0 Å². The summed E-state index contributed by atoms with van der Waals surface area (Å²) in [6, 6.07) is 5.29. The maximum atomic E-state index is 12.4. The predicted octanol–water partition coefficient (Wildman–Crippen LogP) is 1.45. The second-order valence-corrected chi connectivity index (χ2v) is 7.25. The lowest BCUT2D eigenvalue weighted by atomic mass is 10.2. The number of carbonyl (C=O) groups excluding carboxylic acids is 1. The van der Waals surface area contributed by atoms with Gasteiger partial charge in [0.2, 0.25) is 0 Å². The molecule has 0 spiro atoms. The van der Waals surface area contributed by atoms with E-state index in [-0.39, 0.29) is 11.6 Å². The lowest BCUT2D eigenvalue weighted by molar-refractivity contribution is 0.0760. The number of thiophene rings is 1. The summed E-state index contributed by atoms with van der Waals surface area (Å²) in [5.74, 6) is 0.539. The summed E-state index contributed by atoms with van der Waals surface area (Å²) < 4.78 is 0. The zero-order valence-corrected chi connectivity index (χ0v) is 13.3. The molecule has 2 aromatic heterocycles. The zero-order valence-electron chi connectivity index (χ0n) is 11.7. The third-order valence-electron chi connectivity index (χ3n) is 3.48. The Morgan fingerprint density at radius 3 is 2.86 bits per heavy atom. The van der Waals surface area contributed by atoms with Gasteiger partial charge in [-0.1, -0.05) is 6.07 Å². The Labute approximate surface area is 134 Å². The quantitative estimate of drug-likeness (QED) is 0.868. The molecule has 3 rings (SSSR count). The van der Waals surface area contributed by atoms with E-state index in [0.29, 0.717) is 18.3 Å². The predicted molar refractivity (Wildman–Crippen MR) is 87.7 cm³/mol. The van der Waals surface area contributed by atoms with Gasteiger partial charge in [-0.05, 0) is 17.9 Å². The van der Waals surface area contributed by atoms with Gasteiger partial charge in [-0.3, -0.25) is 14.6 Å². The Hall–Kier alpha value is -1.80. The van der Waals surface area contributed by atoms with Crippen LogP contribution < -0.4 is 11.2 Å². The Kier molecular flexibility index (Phi) is 4.49. The Morgan fingerprint density at radius 1 is 1.27 bits per heavy atom. The summed E-state index contributed by atoms with van der Waals surface area (Å²) in [6.45, 7) is 1.23. The van der Waals surface area contributed by atoms with Crippen molar-refractivity contribution in [1.29, 1.82) is 0 Å². The van der Waals surface area contributed by atoms with Crippen LogP contribution in [0.1, 0.15) is 27.0 Å². The third kappa shape index (κ3) is 3.33. The molecule has 0 aromatic carbocycles. The van der Waals surface area contributed by atoms with E-state index in [0.717, 1.165) is 18.2 Å². The van der Waals surface area contributed by atoms with Crippen molar-refractivity contribution >= 4 is 29.0 Å². The standard InChI is InChI=1S/C14H15N3O3S2/c18-12-8-9(15-14(20)16-12)13(19)17-4-3-11(22-7-5-17)10-2-1-6-21-10/h1-2,6,8,11H,3-5,7H2,(H2,15,16,18,20)/t11-/m1/s1. The Bertz CT molecular complexity index is 738. The number of thioether (sulfide) groups is 1. The number of hydrogen-bond acceptors (Lipinski definition) is 5. The van der Waals surface area contributed by atoms with Crippen LogP contribution in [-0.4, -0.2) is 39.6 Å². The van der Waals surface area contributed by atoms with Crippen molar-refractivity contribution in [3.8, 4) is 0 Å². The van der Waals surface area contributed by atoms with Gasteiger partial charge in [0.25, 0.3) is 11.5 Å². The fraction of sp³-hybridized carbons (Fsp3) is 0.357. The highest BCUT2D eigenvalue weighted by atomic mass is 32.2. The van der Waals surface area contributed by atoms with Gasteiger partial charge in [0, 0.05) is 35.0 Å². The minimum atomic E-state index is -0.656. The first-order valence-corrected chi connectivity index (χ1v) is 8.84. The molecule has 1 atom stereocenters. The minimum absolute atomic E-state index is 0.0494. The molecule has 1 amide bonds. The van der Waals surface area contributed by atoms with Crippen LogP contribution in [0.5, 0.6) is 0 Å². The second kappa shape index (κ2) is 6.53. The molecule has 0 radical (unpaired) electrons. The summed E-state index contributed by atoms with van der Waals surface area (Å²) in [6.07, 6.45) is 0.865. The molecule has 0 unspecified atom stereocenters. The topological polar surface area (TPSA) is 86.0 Å². The van der Waals surface area contributed by atoms with E-state index < -0.39 is 11.2 Å². The molecule has 1 saturated heterocycles. The highest BCUT2D eigenvalue weighted by molar-refractivity contribution is 7.99. The summed E-state index contributed by atoms with van der Waals surface area (Å²) in [4.78, 5) is 42.5. The number of H-pyrrole nitrogens is 2. The summed E-state index contributed by atoms with van der Waals surface area (Å²) in [7, 11) is 0. The number of rotatable bonds is 2. The first-order valence-electron chi connectivity index (χ1n) is 6.91. The SMILES string of the molecule is O=C(c1cc(=O)[nH]c(=O)[nH]1)N1CCS[C@@H](c2cccs2)CC1. The highest BCUT2D eigenvalue weighted by Crippen LogP contribution is 2.36. The minimum Gasteiger partial charge on any atom is -0.336 e. The second-order valence-electron chi connectivity index (χ2n) is 4.96. The molecule has 2 aromatic rings. The van der Waals surface area contributed by atoms with Crippen LogP contribution in [-0.2, 0) is 0 Å². The van der Waals surface area contributed by atoms with Crippen LogP contribution in [0.2, 0.25) is 0 Å². The molecular weight excluding hydrogens is 322 g/mol. The summed E-state index contributed by atoms with van der Waals surface area (Å²) in [5.41, 5.74) is -1.17. The van der Waals surface area contributed by atoms with Crippen molar-refractivity contribution in [2.24, 2.45) is 0 Å². The molecular formula is C14H15N3O3S2. The molecule has 1 fully saturated rings. The zero-order chi connectivity index (χ0) is 15.5. The van der Waals surface area contributed by atoms with Crippen molar-refractivity contribution in [2.45, 2.75) is 11.7 Å². The van der Waals surface area contributed by atoms with E-state index in [1.165, 1.54) is 4.88 Å². The highest BCUT2D eigenvalue weighted by Gasteiger charge is 2.24. The van der Waals surface area contributed by atoms with Crippen LogP contribution in [0.25, 0.3) is 0 Å². The maximum Gasteiger partial charge on any atom is 0.326 e. The largest absolute Gasteiger partial charge is 0.336 e. The van der Waals surface area contributed by atoms with E-state index in [4.69, 9.17) is 0 Å². The van der Waals surface area contributed by atoms with Crippen molar-refractivity contribution in [3.63, 3.8) is 0 Å². The molecule has 22 heavy (non-hydrogen) atoms. The Balaban J connectivity index is 1.74. The number of amides is 1. The van der Waals surface area contributed by atoms with Gasteiger partial charge >= 0.3 is 5.69 Å². The molecule has 0 saturated carbocycles. The molecule has 1 aliphatic heterocycles. The third-order valence-corrected chi connectivity index (χ3v) is 5.93. The molecule has 3 heterocycles. The van der Waals surface area contributed by atoms with Gasteiger partial charge in [0.1, 0.15) is 5.69 Å². The van der Waals surface area contributed by atoms with Crippen LogP contribution in [0.3, 0.4) is 0 Å². The smallest absolute Gasteiger partial charge is 0.326 e. The fourth-order valence-corrected chi connectivity index (χ4v) is 4.67. The van der Waals surface area contributed by atoms with Gasteiger partial charge in [-0.2, -0.15) is 11.8 Å². The molecule has 1 aliphatic rings. The van der Waals surface area contributed by atoms with Crippen LogP contribution >= 0.6 is 23.1 Å². The molecule has 2 N–H and O–H groups in total. The van der Waals surface area contributed by atoms with Gasteiger partial charge in [-0.25, -0.2) is 4.79 Å².